The molecule has 1 fully saturated rings. The zero-order valence-electron chi connectivity index (χ0n) is 12.0. The van der Waals surface area contributed by atoms with Crippen LogP contribution in [-0.4, -0.2) is 57.2 Å². The van der Waals surface area contributed by atoms with Crippen LogP contribution >= 0.6 is 0 Å². The van der Waals surface area contributed by atoms with Crippen molar-refractivity contribution in [1.29, 1.82) is 0 Å². The summed E-state index contributed by atoms with van der Waals surface area (Å²) in [7, 11) is 0. The minimum absolute atomic E-state index is 0.0382. The Morgan fingerprint density at radius 3 is 2.90 bits per heavy atom. The van der Waals surface area contributed by atoms with Crippen molar-refractivity contribution in [3.63, 3.8) is 0 Å². The molecule has 1 saturated heterocycles. The number of carboxylic acids is 1. The van der Waals surface area contributed by atoms with Crippen LogP contribution in [0.1, 0.15) is 25.7 Å². The summed E-state index contributed by atoms with van der Waals surface area (Å²) in [5.41, 5.74) is 0. The fourth-order valence-electron chi connectivity index (χ4n) is 2.40. The first-order valence-corrected chi connectivity index (χ1v) is 7.25. The average molecular weight is 295 g/mol. The van der Waals surface area contributed by atoms with Gasteiger partial charge in [-0.2, -0.15) is 0 Å². The van der Waals surface area contributed by atoms with Crippen molar-refractivity contribution in [1.82, 2.24) is 14.5 Å². The number of nitrogens with zero attached hydrogens (tertiary/aromatic N) is 3. The van der Waals surface area contributed by atoms with E-state index in [2.05, 4.69) is 4.98 Å². The minimum Gasteiger partial charge on any atom is -0.481 e. The molecule has 1 aromatic heterocycles. The number of rotatable bonds is 8. The maximum absolute atomic E-state index is 12.3. The molecule has 1 unspecified atom stereocenters. The van der Waals surface area contributed by atoms with Crippen molar-refractivity contribution >= 4 is 11.9 Å². The largest absolute Gasteiger partial charge is 0.481 e. The highest BCUT2D eigenvalue weighted by Gasteiger charge is 2.28. The summed E-state index contributed by atoms with van der Waals surface area (Å²) in [6.07, 6.45) is 7.24. The number of hydrogen-bond donors (Lipinski definition) is 1. The Bertz CT molecular complexity index is 455. The molecule has 0 saturated carbocycles. The quantitative estimate of drug-likeness (QED) is 0.765. The van der Waals surface area contributed by atoms with Gasteiger partial charge in [0.15, 0.2) is 0 Å². The van der Waals surface area contributed by atoms with Crippen molar-refractivity contribution < 1.29 is 19.4 Å². The summed E-state index contributed by atoms with van der Waals surface area (Å²) in [6.45, 7) is 2.13. The second-order valence-corrected chi connectivity index (χ2v) is 5.12. The third-order valence-electron chi connectivity index (χ3n) is 3.52. The van der Waals surface area contributed by atoms with E-state index in [1.54, 1.807) is 17.4 Å². The van der Waals surface area contributed by atoms with Crippen LogP contribution in [0.3, 0.4) is 0 Å². The number of carbonyl (C=O) groups is 2. The van der Waals surface area contributed by atoms with Crippen LogP contribution in [0.5, 0.6) is 0 Å². The predicted molar refractivity (Wildman–Crippen MR) is 74.7 cm³/mol. The molecule has 1 aromatic rings. The fourth-order valence-corrected chi connectivity index (χ4v) is 2.40. The maximum Gasteiger partial charge on any atom is 0.305 e. The van der Waals surface area contributed by atoms with Gasteiger partial charge in [-0.05, 0) is 19.3 Å². The van der Waals surface area contributed by atoms with E-state index in [4.69, 9.17) is 9.84 Å². The molecule has 7 nitrogen and oxygen atoms in total. The van der Waals surface area contributed by atoms with Crippen molar-refractivity contribution in [2.24, 2.45) is 0 Å². The van der Waals surface area contributed by atoms with Gasteiger partial charge in [0.05, 0.1) is 12.7 Å². The Kier molecular flexibility index (Phi) is 5.74. The number of imidazole rings is 1. The first-order chi connectivity index (χ1) is 10.2. The summed E-state index contributed by atoms with van der Waals surface area (Å²) in [5.74, 6) is -0.978. The number of hydrogen-bond acceptors (Lipinski definition) is 4. The SMILES string of the molecule is O=C(O)CCN(CCCn1ccnc1)C(=O)C1CCCO1. The van der Waals surface area contributed by atoms with Crippen molar-refractivity contribution in [2.45, 2.75) is 38.3 Å². The van der Waals surface area contributed by atoms with Crippen LogP contribution in [0.2, 0.25) is 0 Å². The second-order valence-electron chi connectivity index (χ2n) is 5.12. The summed E-state index contributed by atoms with van der Waals surface area (Å²) in [6, 6.07) is 0. The van der Waals surface area contributed by atoms with E-state index >= 15 is 0 Å². The van der Waals surface area contributed by atoms with Crippen LogP contribution in [0.25, 0.3) is 0 Å². The zero-order chi connectivity index (χ0) is 15.1. The Balaban J connectivity index is 1.84. The number of aromatic nitrogens is 2. The standard InChI is InChI=1S/C14H21N3O4/c18-13(19)4-8-17(14(20)12-3-1-10-21-12)7-2-6-16-9-5-15-11-16/h5,9,11-12H,1-4,6-8,10H2,(H,18,19). The molecule has 1 amide bonds. The van der Waals surface area contributed by atoms with Gasteiger partial charge in [-0.1, -0.05) is 0 Å². The molecular formula is C14H21N3O4. The number of carbonyl (C=O) groups excluding carboxylic acids is 1. The van der Waals surface area contributed by atoms with E-state index in [1.165, 1.54) is 0 Å². The highest BCUT2D eigenvalue weighted by atomic mass is 16.5. The third-order valence-corrected chi connectivity index (χ3v) is 3.52. The fraction of sp³-hybridized carbons (Fsp3) is 0.643. The molecular weight excluding hydrogens is 274 g/mol. The number of carboxylic acid groups (broad SMARTS) is 1. The highest BCUT2D eigenvalue weighted by molar-refractivity contribution is 5.81. The second kappa shape index (κ2) is 7.78. The average Bonchev–Trinajstić information content (AvgIpc) is 3.14. The van der Waals surface area contributed by atoms with Crippen LogP contribution in [0.4, 0.5) is 0 Å². The van der Waals surface area contributed by atoms with E-state index in [-0.39, 0.29) is 18.9 Å². The summed E-state index contributed by atoms with van der Waals surface area (Å²) >= 11 is 0. The van der Waals surface area contributed by atoms with Crippen molar-refractivity contribution in [3.8, 4) is 0 Å². The Morgan fingerprint density at radius 2 is 2.29 bits per heavy atom. The van der Waals surface area contributed by atoms with Gasteiger partial charge in [-0.25, -0.2) is 4.98 Å². The maximum atomic E-state index is 12.3. The van der Waals surface area contributed by atoms with Crippen LogP contribution in [0.15, 0.2) is 18.7 Å². The van der Waals surface area contributed by atoms with Crippen LogP contribution in [0, 0.1) is 0 Å². The van der Waals surface area contributed by atoms with Crippen LogP contribution in [-0.2, 0) is 20.9 Å². The molecule has 1 aliphatic heterocycles. The van der Waals surface area contributed by atoms with E-state index in [9.17, 15) is 9.59 Å². The van der Waals surface area contributed by atoms with Crippen molar-refractivity contribution in [2.75, 3.05) is 19.7 Å². The first-order valence-electron chi connectivity index (χ1n) is 7.25. The lowest BCUT2D eigenvalue weighted by Gasteiger charge is -2.24. The number of aryl methyl sites for hydroxylation is 1. The zero-order valence-corrected chi connectivity index (χ0v) is 12.0. The van der Waals surface area contributed by atoms with Gasteiger partial charge in [-0.15, -0.1) is 0 Å². The van der Waals surface area contributed by atoms with E-state index in [1.807, 2.05) is 10.8 Å². The van der Waals surface area contributed by atoms with Gasteiger partial charge in [0.2, 0.25) is 0 Å². The Labute approximate surface area is 123 Å². The highest BCUT2D eigenvalue weighted by Crippen LogP contribution is 2.15. The predicted octanol–water partition coefficient (Wildman–Crippen LogP) is 0.755. The Hall–Kier alpha value is -1.89. The van der Waals surface area contributed by atoms with Gasteiger partial charge >= 0.3 is 5.97 Å². The summed E-state index contributed by atoms with van der Waals surface area (Å²) in [4.78, 5) is 28.6. The molecule has 0 bridgehead atoms. The molecule has 0 aromatic carbocycles. The molecule has 2 heterocycles. The van der Waals surface area contributed by atoms with Gasteiger partial charge in [0, 0.05) is 38.6 Å². The van der Waals surface area contributed by atoms with Gasteiger partial charge in [0.25, 0.3) is 5.91 Å². The molecule has 2 rings (SSSR count). The smallest absolute Gasteiger partial charge is 0.305 e. The lowest BCUT2D eigenvalue weighted by Crippen LogP contribution is -2.41. The number of amides is 1. The van der Waals surface area contributed by atoms with Gasteiger partial charge in [-0.3, -0.25) is 9.59 Å². The van der Waals surface area contributed by atoms with Crippen molar-refractivity contribution in [3.05, 3.63) is 18.7 Å². The Morgan fingerprint density at radius 1 is 1.43 bits per heavy atom. The number of aliphatic carboxylic acids is 1. The molecule has 116 valence electrons. The van der Waals surface area contributed by atoms with E-state index < -0.39 is 12.1 Å². The first kappa shape index (κ1) is 15.5. The van der Waals surface area contributed by atoms with E-state index in [0.29, 0.717) is 13.2 Å². The molecule has 7 heteroatoms. The lowest BCUT2D eigenvalue weighted by molar-refractivity contribution is -0.143. The minimum atomic E-state index is -0.894. The molecule has 0 spiro atoms. The molecule has 1 atom stereocenters. The molecule has 1 aliphatic rings. The molecule has 0 aliphatic carbocycles. The molecule has 21 heavy (non-hydrogen) atoms. The van der Waals surface area contributed by atoms with Crippen LogP contribution < -0.4 is 0 Å². The molecule has 1 N–H and O–H groups in total. The summed E-state index contributed by atoms with van der Waals surface area (Å²) in [5, 5.41) is 8.80. The van der Waals surface area contributed by atoms with Gasteiger partial charge in [0.1, 0.15) is 6.10 Å². The third kappa shape index (κ3) is 4.86. The monoisotopic (exact) mass is 295 g/mol. The summed E-state index contributed by atoms with van der Waals surface area (Å²) < 4.78 is 7.34. The number of ether oxygens (including phenoxy) is 1. The van der Waals surface area contributed by atoms with E-state index in [0.717, 1.165) is 25.8 Å². The lowest BCUT2D eigenvalue weighted by atomic mass is 10.2. The topological polar surface area (TPSA) is 84.7 Å². The normalized spacial score (nSPS) is 17.8. The molecule has 0 radical (unpaired) electrons. The van der Waals surface area contributed by atoms with Gasteiger partial charge < -0.3 is 19.3 Å².